The first-order valence-electron chi connectivity index (χ1n) is 10.8. The first-order chi connectivity index (χ1) is 14.7. The first kappa shape index (κ1) is 21.4. The zero-order chi connectivity index (χ0) is 22.2. The molecule has 0 radical (unpaired) electrons. The molecule has 4 rings (SSSR count). The van der Waals surface area contributed by atoms with Gasteiger partial charge in [-0.3, -0.25) is 4.90 Å². The molecule has 0 saturated carbocycles. The van der Waals surface area contributed by atoms with Gasteiger partial charge in [0.2, 0.25) is 0 Å². The number of carbonyl (C=O) groups excluding carboxylic acids is 1. The van der Waals surface area contributed by atoms with Gasteiger partial charge in [0.25, 0.3) is 0 Å². The Hall–Kier alpha value is -2.86. The number of carboxylic acids is 1. The molecule has 1 aliphatic heterocycles. The summed E-state index contributed by atoms with van der Waals surface area (Å²) < 4.78 is 11.7. The summed E-state index contributed by atoms with van der Waals surface area (Å²) in [5, 5.41) is 9.63. The number of carboxylic acid groups (broad SMARTS) is 1. The molecule has 0 spiro atoms. The average molecular weight is 424 g/mol. The van der Waals surface area contributed by atoms with Gasteiger partial charge in [0.05, 0.1) is 18.2 Å². The summed E-state index contributed by atoms with van der Waals surface area (Å²) in [5.41, 5.74) is 4.18. The predicted octanol–water partition coefficient (Wildman–Crippen LogP) is 4.67. The summed E-state index contributed by atoms with van der Waals surface area (Å²) >= 11 is 0. The molecule has 1 amide bonds. The van der Waals surface area contributed by atoms with Crippen molar-refractivity contribution in [3.05, 3.63) is 59.7 Å². The van der Waals surface area contributed by atoms with E-state index in [1.54, 1.807) is 0 Å². The summed E-state index contributed by atoms with van der Waals surface area (Å²) in [6, 6.07) is 15.4. The fraction of sp³-hybridized carbons (Fsp3) is 0.440. The van der Waals surface area contributed by atoms with Crippen LogP contribution < -0.4 is 0 Å². The van der Waals surface area contributed by atoms with E-state index in [0.29, 0.717) is 12.8 Å². The molecule has 1 N–H and O–H groups in total. The second-order valence-electron chi connectivity index (χ2n) is 9.24. The summed E-state index contributed by atoms with van der Waals surface area (Å²) in [6.45, 7) is 6.24. The zero-order valence-corrected chi connectivity index (χ0v) is 18.2. The Morgan fingerprint density at radius 2 is 1.58 bits per heavy atom. The van der Waals surface area contributed by atoms with Crippen LogP contribution in [0.1, 0.15) is 50.7 Å². The number of likely N-dealkylation sites (tertiary alicyclic amines) is 1. The van der Waals surface area contributed by atoms with E-state index in [4.69, 9.17) is 9.47 Å². The van der Waals surface area contributed by atoms with Crippen LogP contribution in [0.25, 0.3) is 11.1 Å². The highest BCUT2D eigenvalue weighted by molar-refractivity contribution is 5.81. The molecule has 31 heavy (non-hydrogen) atoms. The number of rotatable bonds is 4. The fourth-order valence-corrected chi connectivity index (χ4v) is 4.67. The van der Waals surface area contributed by atoms with Gasteiger partial charge in [-0.1, -0.05) is 48.5 Å². The van der Waals surface area contributed by atoms with Crippen molar-refractivity contribution >= 4 is 12.1 Å². The SMILES string of the molecule is CC(C)(C)O[C@@H]1CC[C@@H](C(=O)O)N(C(=O)OCC2c3ccccc3-c3ccccc32)C1. The number of benzene rings is 2. The van der Waals surface area contributed by atoms with Gasteiger partial charge in [0.1, 0.15) is 12.6 Å². The Morgan fingerprint density at radius 3 is 2.13 bits per heavy atom. The van der Waals surface area contributed by atoms with Crippen molar-refractivity contribution in [1.82, 2.24) is 4.90 Å². The van der Waals surface area contributed by atoms with Crippen LogP contribution in [-0.4, -0.2) is 53.0 Å². The molecule has 1 aliphatic carbocycles. The molecule has 0 unspecified atom stereocenters. The van der Waals surface area contributed by atoms with Gasteiger partial charge in [0, 0.05) is 5.92 Å². The van der Waals surface area contributed by atoms with Crippen molar-refractivity contribution in [2.24, 2.45) is 0 Å². The Labute approximate surface area is 182 Å². The molecular weight excluding hydrogens is 394 g/mol. The Morgan fingerprint density at radius 1 is 1.00 bits per heavy atom. The van der Waals surface area contributed by atoms with Gasteiger partial charge in [-0.2, -0.15) is 0 Å². The third-order valence-electron chi connectivity index (χ3n) is 5.91. The molecule has 2 aliphatic rings. The molecule has 2 aromatic carbocycles. The summed E-state index contributed by atoms with van der Waals surface area (Å²) in [7, 11) is 0. The molecule has 1 heterocycles. The standard InChI is InChI=1S/C25H29NO5/c1-25(2,3)31-16-12-13-22(23(27)28)26(14-16)24(29)30-15-21-19-10-6-4-8-17(19)18-9-5-7-11-20(18)21/h4-11,16,21-22H,12-15H2,1-3H3,(H,27,28)/t16-,22+/m1/s1. The molecule has 164 valence electrons. The number of ether oxygens (including phenoxy) is 2. The molecule has 2 aromatic rings. The van der Waals surface area contributed by atoms with Gasteiger partial charge in [-0.05, 0) is 55.9 Å². The normalized spacial score (nSPS) is 20.8. The van der Waals surface area contributed by atoms with Gasteiger partial charge < -0.3 is 14.6 Å². The molecule has 1 fully saturated rings. The summed E-state index contributed by atoms with van der Waals surface area (Å²) in [5.74, 6) is -1.08. The zero-order valence-electron chi connectivity index (χ0n) is 18.2. The van der Waals surface area contributed by atoms with Gasteiger partial charge >= 0.3 is 12.1 Å². The largest absolute Gasteiger partial charge is 0.480 e. The number of amides is 1. The minimum absolute atomic E-state index is 0.0639. The number of aliphatic carboxylic acids is 1. The Kier molecular flexibility index (Phi) is 5.75. The number of hydrogen-bond donors (Lipinski definition) is 1. The van der Waals surface area contributed by atoms with Gasteiger partial charge in [0.15, 0.2) is 0 Å². The van der Waals surface area contributed by atoms with Crippen molar-refractivity contribution in [2.45, 2.75) is 57.3 Å². The molecule has 6 heteroatoms. The Bertz CT molecular complexity index is 934. The van der Waals surface area contributed by atoms with Crippen LogP contribution in [0.3, 0.4) is 0 Å². The highest BCUT2D eigenvalue weighted by Crippen LogP contribution is 2.44. The smallest absolute Gasteiger partial charge is 0.410 e. The lowest BCUT2D eigenvalue weighted by Crippen LogP contribution is -2.54. The summed E-state index contributed by atoms with van der Waals surface area (Å²) in [6.07, 6.45) is 0.134. The van der Waals surface area contributed by atoms with E-state index in [1.807, 2.05) is 45.0 Å². The predicted molar refractivity (Wildman–Crippen MR) is 117 cm³/mol. The van der Waals surface area contributed by atoms with Crippen molar-refractivity contribution in [3.8, 4) is 11.1 Å². The lowest BCUT2D eigenvalue weighted by Gasteiger charge is -2.39. The maximum atomic E-state index is 13.0. The number of nitrogens with zero attached hydrogens (tertiary/aromatic N) is 1. The lowest BCUT2D eigenvalue weighted by molar-refractivity contribution is -0.148. The third-order valence-corrected chi connectivity index (χ3v) is 5.91. The van der Waals surface area contributed by atoms with Crippen molar-refractivity contribution < 1.29 is 24.2 Å². The minimum atomic E-state index is -1.01. The molecule has 0 bridgehead atoms. The molecular formula is C25H29NO5. The lowest BCUT2D eigenvalue weighted by atomic mass is 9.98. The second-order valence-corrected chi connectivity index (χ2v) is 9.24. The number of fused-ring (bicyclic) bond motifs is 3. The fourth-order valence-electron chi connectivity index (χ4n) is 4.67. The van der Waals surface area contributed by atoms with Crippen LogP contribution in [0.5, 0.6) is 0 Å². The van der Waals surface area contributed by atoms with Crippen molar-refractivity contribution in [3.63, 3.8) is 0 Å². The monoisotopic (exact) mass is 423 g/mol. The number of piperidine rings is 1. The van der Waals surface area contributed by atoms with Crippen LogP contribution in [-0.2, 0) is 14.3 Å². The van der Waals surface area contributed by atoms with Crippen LogP contribution in [0.15, 0.2) is 48.5 Å². The van der Waals surface area contributed by atoms with E-state index in [9.17, 15) is 14.7 Å². The quantitative estimate of drug-likeness (QED) is 0.774. The maximum Gasteiger partial charge on any atom is 0.410 e. The van der Waals surface area contributed by atoms with E-state index < -0.39 is 18.1 Å². The van der Waals surface area contributed by atoms with E-state index in [-0.39, 0.29) is 30.8 Å². The van der Waals surface area contributed by atoms with Gasteiger partial charge in [-0.25, -0.2) is 9.59 Å². The molecule has 0 aromatic heterocycles. The average Bonchev–Trinajstić information content (AvgIpc) is 3.04. The molecule has 1 saturated heterocycles. The van der Waals surface area contributed by atoms with Crippen molar-refractivity contribution in [2.75, 3.05) is 13.2 Å². The third kappa shape index (κ3) is 4.44. The van der Waals surface area contributed by atoms with Crippen LogP contribution >= 0.6 is 0 Å². The van der Waals surface area contributed by atoms with E-state index in [1.165, 1.54) is 4.90 Å². The highest BCUT2D eigenvalue weighted by atomic mass is 16.6. The van der Waals surface area contributed by atoms with Crippen molar-refractivity contribution in [1.29, 1.82) is 0 Å². The highest BCUT2D eigenvalue weighted by Gasteiger charge is 2.39. The van der Waals surface area contributed by atoms with Crippen LogP contribution in [0.2, 0.25) is 0 Å². The number of carbonyl (C=O) groups is 2. The van der Waals surface area contributed by atoms with E-state index >= 15 is 0 Å². The molecule has 2 atom stereocenters. The number of hydrogen-bond acceptors (Lipinski definition) is 4. The summed E-state index contributed by atoms with van der Waals surface area (Å²) in [4.78, 5) is 26.1. The Balaban J connectivity index is 1.50. The topological polar surface area (TPSA) is 76.1 Å². The maximum absolute atomic E-state index is 13.0. The minimum Gasteiger partial charge on any atom is -0.480 e. The van der Waals surface area contributed by atoms with E-state index in [2.05, 4.69) is 24.3 Å². The first-order valence-corrected chi connectivity index (χ1v) is 10.8. The van der Waals surface area contributed by atoms with Gasteiger partial charge in [-0.15, -0.1) is 0 Å². The van der Waals surface area contributed by atoms with Crippen LogP contribution in [0, 0.1) is 0 Å². The molecule has 6 nitrogen and oxygen atoms in total. The second kappa shape index (κ2) is 8.35. The van der Waals surface area contributed by atoms with E-state index in [0.717, 1.165) is 22.3 Å². The van der Waals surface area contributed by atoms with Crippen LogP contribution in [0.4, 0.5) is 4.79 Å².